The number of nitrogens with one attached hydrogen (secondary N) is 1. The van der Waals surface area contributed by atoms with Gasteiger partial charge in [0, 0.05) is 35.9 Å². The lowest BCUT2D eigenvalue weighted by molar-refractivity contribution is -0.136. The van der Waals surface area contributed by atoms with E-state index >= 15 is 0 Å². The van der Waals surface area contributed by atoms with E-state index in [4.69, 9.17) is 16.3 Å². The second kappa shape index (κ2) is 8.14. The number of ether oxygens (including phenoxy) is 1. The maximum absolute atomic E-state index is 12.7. The molecule has 0 bridgehead atoms. The van der Waals surface area contributed by atoms with E-state index in [0.717, 1.165) is 67.4 Å². The zero-order valence-electron chi connectivity index (χ0n) is 16.3. The summed E-state index contributed by atoms with van der Waals surface area (Å²) < 4.78 is 6.06. The molecule has 0 saturated carbocycles. The zero-order valence-corrected chi connectivity index (χ0v) is 17.1. The molecule has 0 radical (unpaired) electrons. The normalized spacial score (nSPS) is 18.9. The third kappa shape index (κ3) is 4.34. The van der Waals surface area contributed by atoms with Crippen LogP contribution in [-0.4, -0.2) is 41.1 Å². The zero-order chi connectivity index (χ0) is 19.6. The number of hydrogen-bond acceptors (Lipinski definition) is 2. The van der Waals surface area contributed by atoms with Gasteiger partial charge in [-0.05, 0) is 62.4 Å². The van der Waals surface area contributed by atoms with Crippen LogP contribution in [0.3, 0.4) is 0 Å². The first kappa shape index (κ1) is 19.3. The average molecular weight is 399 g/mol. The number of amides is 1. The number of likely N-dealkylation sites (tertiary alicyclic amines) is 1. The van der Waals surface area contributed by atoms with E-state index in [-0.39, 0.29) is 11.5 Å². The van der Waals surface area contributed by atoms with E-state index in [1.807, 2.05) is 29.2 Å². The summed E-state index contributed by atoms with van der Waals surface area (Å²) >= 11 is 5.95. The smallest absolute Gasteiger partial charge is 0.222 e. The van der Waals surface area contributed by atoms with E-state index in [0.29, 0.717) is 6.42 Å². The number of benzene rings is 1. The van der Waals surface area contributed by atoms with Gasteiger partial charge in [-0.2, -0.15) is 0 Å². The maximum atomic E-state index is 12.7. The Bertz CT molecular complexity index is 861. The summed E-state index contributed by atoms with van der Waals surface area (Å²) in [6.45, 7) is 4.54. The standard InChI is InChI=1S/C23H27ClN2O2/c1-17-10-15-28-23(16-17)11-13-26(14-12-23)22(27)9-7-20-6-8-21(25-20)18-2-4-19(24)5-3-18/h2-6,8,16,25H,7,9-15H2,1H3. The first-order valence-corrected chi connectivity index (χ1v) is 10.4. The van der Waals surface area contributed by atoms with Gasteiger partial charge in [-0.25, -0.2) is 0 Å². The molecular weight excluding hydrogens is 372 g/mol. The Morgan fingerprint density at radius 2 is 1.93 bits per heavy atom. The van der Waals surface area contributed by atoms with Crippen molar-refractivity contribution in [1.82, 2.24) is 9.88 Å². The van der Waals surface area contributed by atoms with Crippen molar-refractivity contribution in [1.29, 1.82) is 0 Å². The van der Waals surface area contributed by atoms with E-state index in [2.05, 4.69) is 30.1 Å². The number of H-pyrrole nitrogens is 1. The van der Waals surface area contributed by atoms with Crippen LogP contribution < -0.4 is 0 Å². The van der Waals surface area contributed by atoms with Gasteiger partial charge in [-0.15, -0.1) is 0 Å². The summed E-state index contributed by atoms with van der Waals surface area (Å²) in [5.74, 6) is 0.231. The Labute approximate surface area is 171 Å². The van der Waals surface area contributed by atoms with Crippen molar-refractivity contribution in [2.75, 3.05) is 19.7 Å². The third-order valence-corrected chi connectivity index (χ3v) is 6.12. The fraction of sp³-hybridized carbons (Fsp3) is 0.435. The number of aromatic nitrogens is 1. The van der Waals surface area contributed by atoms with Crippen LogP contribution in [-0.2, 0) is 16.0 Å². The Kier molecular flexibility index (Phi) is 5.61. The Balaban J connectivity index is 1.29. The van der Waals surface area contributed by atoms with Crippen molar-refractivity contribution in [3.8, 4) is 11.3 Å². The molecule has 0 unspecified atom stereocenters. The highest BCUT2D eigenvalue weighted by molar-refractivity contribution is 6.30. The SMILES string of the molecule is CC1=CC2(CCN(C(=O)CCc3ccc(-c4ccc(Cl)cc4)[nH]3)CC2)OCC1. The number of nitrogens with zero attached hydrogens (tertiary/aromatic N) is 1. The molecule has 1 fully saturated rings. The lowest BCUT2D eigenvalue weighted by Gasteiger charge is -2.42. The fourth-order valence-corrected chi connectivity index (χ4v) is 4.31. The van der Waals surface area contributed by atoms with Crippen LogP contribution in [0.15, 0.2) is 48.0 Å². The number of halogens is 1. The van der Waals surface area contributed by atoms with Crippen LogP contribution in [0.1, 0.15) is 38.3 Å². The summed E-state index contributed by atoms with van der Waals surface area (Å²) in [6, 6.07) is 11.9. The largest absolute Gasteiger partial charge is 0.370 e. The molecule has 1 N–H and O–H groups in total. The predicted molar refractivity (Wildman–Crippen MR) is 112 cm³/mol. The topological polar surface area (TPSA) is 45.3 Å². The molecular formula is C23H27ClN2O2. The van der Waals surface area contributed by atoms with Gasteiger partial charge in [0.25, 0.3) is 0 Å². The number of aromatic amines is 1. The van der Waals surface area contributed by atoms with E-state index in [1.54, 1.807) is 0 Å². The third-order valence-electron chi connectivity index (χ3n) is 5.87. The summed E-state index contributed by atoms with van der Waals surface area (Å²) in [4.78, 5) is 18.1. The number of carbonyl (C=O) groups excluding carboxylic acids is 1. The van der Waals surface area contributed by atoms with Gasteiger partial charge in [0.2, 0.25) is 5.91 Å². The minimum atomic E-state index is -0.133. The van der Waals surface area contributed by atoms with Gasteiger partial charge >= 0.3 is 0 Å². The van der Waals surface area contributed by atoms with Crippen LogP contribution in [0.4, 0.5) is 0 Å². The van der Waals surface area contributed by atoms with E-state index in [1.165, 1.54) is 5.57 Å². The molecule has 5 heteroatoms. The quantitative estimate of drug-likeness (QED) is 0.737. The number of piperidine rings is 1. The van der Waals surface area contributed by atoms with Gasteiger partial charge in [0.1, 0.15) is 0 Å². The molecule has 2 aromatic rings. The van der Waals surface area contributed by atoms with Crippen molar-refractivity contribution in [2.24, 2.45) is 0 Å². The monoisotopic (exact) mass is 398 g/mol. The molecule has 4 nitrogen and oxygen atoms in total. The molecule has 148 valence electrons. The number of carbonyl (C=O) groups is 1. The second-order valence-electron chi connectivity index (χ2n) is 7.94. The highest BCUT2D eigenvalue weighted by Gasteiger charge is 2.36. The molecule has 1 amide bonds. The van der Waals surface area contributed by atoms with Crippen molar-refractivity contribution in [3.63, 3.8) is 0 Å². The molecule has 1 aromatic carbocycles. The molecule has 2 aliphatic rings. The molecule has 1 saturated heterocycles. The predicted octanol–water partition coefficient (Wildman–Crippen LogP) is 5.00. The molecule has 1 aromatic heterocycles. The number of rotatable bonds is 4. The Morgan fingerprint density at radius 3 is 2.64 bits per heavy atom. The lowest BCUT2D eigenvalue weighted by atomic mass is 9.87. The highest BCUT2D eigenvalue weighted by atomic mass is 35.5. The van der Waals surface area contributed by atoms with Gasteiger partial charge in [0.05, 0.1) is 12.2 Å². The Morgan fingerprint density at radius 1 is 1.18 bits per heavy atom. The Hall–Kier alpha value is -2.04. The van der Waals surface area contributed by atoms with Gasteiger partial charge in [-0.3, -0.25) is 4.79 Å². The summed E-state index contributed by atoms with van der Waals surface area (Å²) in [5, 5.41) is 0.730. The first-order valence-electron chi connectivity index (χ1n) is 10.1. The van der Waals surface area contributed by atoms with Crippen LogP contribution in [0.2, 0.25) is 5.02 Å². The van der Waals surface area contributed by atoms with E-state index < -0.39 is 0 Å². The van der Waals surface area contributed by atoms with Crippen molar-refractivity contribution in [3.05, 3.63) is 58.8 Å². The second-order valence-corrected chi connectivity index (χ2v) is 8.38. The van der Waals surface area contributed by atoms with Gasteiger partial charge in [0.15, 0.2) is 0 Å². The first-order chi connectivity index (χ1) is 13.5. The highest BCUT2D eigenvalue weighted by Crippen LogP contribution is 2.33. The summed E-state index contributed by atoms with van der Waals surface area (Å²) in [7, 11) is 0. The maximum Gasteiger partial charge on any atom is 0.222 e. The molecule has 2 aliphatic heterocycles. The fourth-order valence-electron chi connectivity index (χ4n) is 4.19. The molecule has 4 rings (SSSR count). The molecule has 0 atom stereocenters. The van der Waals surface area contributed by atoms with Crippen LogP contribution in [0, 0.1) is 0 Å². The summed E-state index contributed by atoms with van der Waals surface area (Å²) in [6.07, 6.45) is 6.37. The molecule has 1 spiro atoms. The van der Waals surface area contributed by atoms with Crippen LogP contribution in [0.5, 0.6) is 0 Å². The van der Waals surface area contributed by atoms with Gasteiger partial charge < -0.3 is 14.6 Å². The lowest BCUT2D eigenvalue weighted by Crippen LogP contribution is -2.48. The van der Waals surface area contributed by atoms with Crippen molar-refractivity contribution < 1.29 is 9.53 Å². The molecule has 28 heavy (non-hydrogen) atoms. The number of hydrogen-bond donors (Lipinski definition) is 1. The molecule has 3 heterocycles. The van der Waals surface area contributed by atoms with Gasteiger partial charge in [-0.1, -0.05) is 35.4 Å². The van der Waals surface area contributed by atoms with Crippen LogP contribution in [0.25, 0.3) is 11.3 Å². The van der Waals surface area contributed by atoms with Crippen molar-refractivity contribution in [2.45, 2.75) is 44.6 Å². The van der Waals surface area contributed by atoms with Crippen LogP contribution >= 0.6 is 11.6 Å². The number of aryl methyl sites for hydroxylation is 1. The van der Waals surface area contributed by atoms with Crippen molar-refractivity contribution >= 4 is 17.5 Å². The minimum absolute atomic E-state index is 0.133. The minimum Gasteiger partial charge on any atom is -0.370 e. The van der Waals surface area contributed by atoms with E-state index in [9.17, 15) is 4.79 Å². The molecule has 0 aliphatic carbocycles. The average Bonchev–Trinajstić information content (AvgIpc) is 3.16. The summed E-state index contributed by atoms with van der Waals surface area (Å²) in [5.41, 5.74) is 4.51.